The maximum absolute atomic E-state index is 8.73. The highest BCUT2D eigenvalue weighted by Gasteiger charge is 2.06. The van der Waals surface area contributed by atoms with Gasteiger partial charge in [-0.15, -0.1) is 11.3 Å². The lowest BCUT2D eigenvalue weighted by molar-refractivity contribution is 0.507. The molecule has 1 aromatic carbocycles. The minimum absolute atomic E-state index is 0.298. The Morgan fingerprint density at radius 2 is 2.05 bits per heavy atom. The van der Waals surface area contributed by atoms with Crippen LogP contribution >= 0.6 is 11.3 Å². The number of nitrogens with one attached hydrogen (secondary N) is 1. The van der Waals surface area contributed by atoms with E-state index in [0.717, 1.165) is 13.0 Å². The van der Waals surface area contributed by atoms with Gasteiger partial charge in [0.1, 0.15) is 0 Å². The average molecular weight is 270 g/mol. The summed E-state index contributed by atoms with van der Waals surface area (Å²) in [7, 11) is 0. The van der Waals surface area contributed by atoms with Crippen molar-refractivity contribution in [2.45, 2.75) is 32.4 Å². The van der Waals surface area contributed by atoms with Crippen LogP contribution in [-0.2, 0) is 6.54 Å². The van der Waals surface area contributed by atoms with Crippen LogP contribution in [-0.4, -0.2) is 6.04 Å². The Kier molecular flexibility index (Phi) is 5.14. The van der Waals surface area contributed by atoms with E-state index in [4.69, 9.17) is 5.26 Å². The Balaban J connectivity index is 1.97. The molecular weight excluding hydrogens is 252 g/mol. The highest BCUT2D eigenvalue weighted by molar-refractivity contribution is 7.10. The number of hydrogen-bond acceptors (Lipinski definition) is 3. The maximum Gasteiger partial charge on any atom is 0.0638 e. The molecule has 0 aliphatic carbocycles. The summed E-state index contributed by atoms with van der Waals surface area (Å²) in [5, 5.41) is 14.4. The average Bonchev–Trinajstić information content (AvgIpc) is 2.93. The van der Waals surface area contributed by atoms with Crippen LogP contribution in [0.2, 0.25) is 0 Å². The van der Waals surface area contributed by atoms with Crippen LogP contribution in [0.1, 0.15) is 24.6 Å². The number of nitriles is 1. The molecule has 1 atom stereocenters. The van der Waals surface area contributed by atoms with E-state index in [9.17, 15) is 0 Å². The summed E-state index contributed by atoms with van der Waals surface area (Å²) < 4.78 is 0. The molecule has 0 saturated carbocycles. The highest BCUT2D eigenvalue weighted by Crippen LogP contribution is 2.25. The largest absolute Gasteiger partial charge is 0.308 e. The molecule has 0 radical (unpaired) electrons. The summed E-state index contributed by atoms with van der Waals surface area (Å²) in [5.41, 5.74) is 2.53. The van der Waals surface area contributed by atoms with Gasteiger partial charge in [0.25, 0.3) is 0 Å². The van der Waals surface area contributed by atoms with Gasteiger partial charge in [0.15, 0.2) is 0 Å². The lowest BCUT2D eigenvalue weighted by Crippen LogP contribution is -2.26. The fourth-order valence-corrected chi connectivity index (χ4v) is 2.82. The Bertz CT molecular complexity index is 539. The number of thiophene rings is 1. The second-order valence-corrected chi connectivity index (χ2v) is 5.51. The van der Waals surface area contributed by atoms with E-state index >= 15 is 0 Å². The lowest BCUT2D eigenvalue weighted by atomic mass is 10.1. The molecule has 2 aromatic rings. The van der Waals surface area contributed by atoms with Crippen LogP contribution in [0.25, 0.3) is 11.1 Å². The summed E-state index contributed by atoms with van der Waals surface area (Å²) in [6, 6.07) is 15.2. The zero-order chi connectivity index (χ0) is 13.5. The molecule has 3 heteroatoms. The van der Waals surface area contributed by atoms with Crippen molar-refractivity contribution in [3.05, 3.63) is 46.7 Å². The minimum Gasteiger partial charge on any atom is -0.308 e. The van der Waals surface area contributed by atoms with Crippen molar-refractivity contribution in [3.63, 3.8) is 0 Å². The third kappa shape index (κ3) is 3.92. The number of nitrogens with zero attached hydrogens (tertiary/aromatic N) is 1. The molecule has 0 saturated heterocycles. The van der Waals surface area contributed by atoms with Crippen molar-refractivity contribution in [3.8, 4) is 17.2 Å². The molecule has 1 N–H and O–H groups in total. The first-order chi connectivity index (χ1) is 9.33. The van der Waals surface area contributed by atoms with Crippen molar-refractivity contribution in [2.24, 2.45) is 0 Å². The monoisotopic (exact) mass is 270 g/mol. The first-order valence-electron chi connectivity index (χ1n) is 6.56. The second-order valence-electron chi connectivity index (χ2n) is 4.52. The van der Waals surface area contributed by atoms with Gasteiger partial charge in [-0.05, 0) is 29.0 Å². The van der Waals surface area contributed by atoms with E-state index in [0.29, 0.717) is 12.5 Å². The highest BCUT2D eigenvalue weighted by atomic mass is 32.1. The van der Waals surface area contributed by atoms with Crippen LogP contribution in [0.5, 0.6) is 0 Å². The fraction of sp³-hybridized carbons (Fsp3) is 0.312. The van der Waals surface area contributed by atoms with Crippen molar-refractivity contribution in [1.29, 1.82) is 5.26 Å². The molecule has 0 amide bonds. The predicted molar refractivity (Wildman–Crippen MR) is 80.9 cm³/mol. The Labute approximate surface area is 118 Å². The minimum atomic E-state index is 0.298. The van der Waals surface area contributed by atoms with E-state index in [1.165, 1.54) is 16.0 Å². The number of hydrogen-bond donors (Lipinski definition) is 1. The van der Waals surface area contributed by atoms with Crippen molar-refractivity contribution in [2.75, 3.05) is 0 Å². The van der Waals surface area contributed by atoms with Gasteiger partial charge in [0.2, 0.25) is 0 Å². The summed E-state index contributed by atoms with van der Waals surface area (Å²) in [5.74, 6) is 0. The van der Waals surface area contributed by atoms with Gasteiger partial charge in [0, 0.05) is 17.5 Å². The normalized spacial score (nSPS) is 12.0. The van der Waals surface area contributed by atoms with Gasteiger partial charge in [-0.25, -0.2) is 0 Å². The van der Waals surface area contributed by atoms with Crippen LogP contribution in [0, 0.1) is 11.3 Å². The third-order valence-electron chi connectivity index (χ3n) is 3.16. The van der Waals surface area contributed by atoms with Crippen LogP contribution in [0.4, 0.5) is 0 Å². The molecule has 1 aromatic heterocycles. The zero-order valence-electron chi connectivity index (χ0n) is 11.1. The van der Waals surface area contributed by atoms with E-state index in [1.807, 2.05) is 6.07 Å². The van der Waals surface area contributed by atoms with Crippen molar-refractivity contribution >= 4 is 11.3 Å². The summed E-state index contributed by atoms with van der Waals surface area (Å²) in [6.07, 6.45) is 1.57. The van der Waals surface area contributed by atoms with Gasteiger partial charge in [-0.1, -0.05) is 37.3 Å². The van der Waals surface area contributed by atoms with E-state index in [-0.39, 0.29) is 0 Å². The molecule has 2 rings (SSSR count). The van der Waals surface area contributed by atoms with E-state index in [1.54, 1.807) is 11.3 Å². The molecule has 0 spiro atoms. The molecule has 19 heavy (non-hydrogen) atoms. The molecule has 0 fully saturated rings. The molecule has 0 aliphatic heterocycles. The third-order valence-corrected chi connectivity index (χ3v) is 4.09. The zero-order valence-corrected chi connectivity index (χ0v) is 11.9. The fourth-order valence-electron chi connectivity index (χ4n) is 1.97. The molecule has 0 aliphatic rings. The van der Waals surface area contributed by atoms with Crippen LogP contribution < -0.4 is 5.32 Å². The van der Waals surface area contributed by atoms with Gasteiger partial charge < -0.3 is 5.32 Å². The van der Waals surface area contributed by atoms with Crippen molar-refractivity contribution in [1.82, 2.24) is 5.32 Å². The van der Waals surface area contributed by atoms with Crippen molar-refractivity contribution < 1.29 is 0 Å². The molecule has 1 heterocycles. The summed E-state index contributed by atoms with van der Waals surface area (Å²) in [4.78, 5) is 1.32. The topological polar surface area (TPSA) is 35.8 Å². The molecule has 0 bridgehead atoms. The lowest BCUT2D eigenvalue weighted by Gasteiger charge is -2.12. The van der Waals surface area contributed by atoms with Gasteiger partial charge in [-0.2, -0.15) is 5.26 Å². The second kappa shape index (κ2) is 7.08. The van der Waals surface area contributed by atoms with Gasteiger partial charge in [-0.3, -0.25) is 0 Å². The Hall–Kier alpha value is -1.63. The van der Waals surface area contributed by atoms with Gasteiger partial charge in [0.05, 0.1) is 12.5 Å². The quantitative estimate of drug-likeness (QED) is 0.854. The molecule has 2 nitrogen and oxygen atoms in total. The van der Waals surface area contributed by atoms with Crippen LogP contribution in [0.3, 0.4) is 0 Å². The molecule has 1 unspecified atom stereocenters. The Morgan fingerprint density at radius 3 is 2.74 bits per heavy atom. The van der Waals surface area contributed by atoms with Gasteiger partial charge >= 0.3 is 0 Å². The first-order valence-corrected chi connectivity index (χ1v) is 7.44. The maximum atomic E-state index is 8.73. The molecule has 98 valence electrons. The first kappa shape index (κ1) is 13.8. The van der Waals surface area contributed by atoms with E-state index in [2.05, 4.69) is 54.0 Å². The Morgan fingerprint density at radius 1 is 1.26 bits per heavy atom. The summed E-state index contributed by atoms with van der Waals surface area (Å²) in [6.45, 7) is 2.95. The molecular formula is C16H18N2S. The number of rotatable bonds is 6. The standard InChI is InChI=1S/C16H18N2S/c1-2-15(8-9-17)18-11-16-10-14(12-19-16)13-6-4-3-5-7-13/h3-7,10,12,15,18H,2,8,11H2,1H3. The number of benzene rings is 1. The smallest absolute Gasteiger partial charge is 0.0638 e. The summed E-state index contributed by atoms with van der Waals surface area (Å²) >= 11 is 1.77. The van der Waals surface area contributed by atoms with E-state index < -0.39 is 0 Å². The predicted octanol–water partition coefficient (Wildman–Crippen LogP) is 4.20. The van der Waals surface area contributed by atoms with Crippen LogP contribution in [0.15, 0.2) is 41.8 Å². The SMILES string of the molecule is CCC(CC#N)NCc1cc(-c2ccccc2)cs1.